The largest absolute Gasteiger partial charge is 0.490 e. The van der Waals surface area contributed by atoms with E-state index in [0.717, 1.165) is 23.2 Å². The topological polar surface area (TPSA) is 102 Å². The molecule has 0 amide bonds. The van der Waals surface area contributed by atoms with Crippen LogP contribution in [0.25, 0.3) is 11.4 Å². The number of aliphatic carboxylic acids is 1. The average Bonchev–Trinajstić information content (AvgIpc) is 3.10. The van der Waals surface area contributed by atoms with Gasteiger partial charge in [0.1, 0.15) is 0 Å². The van der Waals surface area contributed by atoms with E-state index in [2.05, 4.69) is 10.1 Å². The first kappa shape index (κ1) is 20.0. The van der Waals surface area contributed by atoms with Crippen LogP contribution in [-0.2, 0) is 17.6 Å². The molecule has 0 aliphatic heterocycles. The number of alkyl halides is 3. The SMILES string of the molecule is Nc1ccccc1CCc1nc(-c2ccccc2)no1.O=C(O)C(F)(F)F. The summed E-state index contributed by atoms with van der Waals surface area (Å²) >= 11 is 0. The van der Waals surface area contributed by atoms with Crippen LogP contribution in [0.5, 0.6) is 0 Å². The lowest BCUT2D eigenvalue weighted by Crippen LogP contribution is -2.21. The summed E-state index contributed by atoms with van der Waals surface area (Å²) in [5.74, 6) is -1.50. The van der Waals surface area contributed by atoms with Crippen LogP contribution in [0.1, 0.15) is 11.5 Å². The standard InChI is InChI=1S/C16H15N3O.C2HF3O2/c17-14-9-5-4-6-12(14)10-11-15-18-16(19-20-15)13-7-2-1-3-8-13;3-2(4,5)1(6)7/h1-9H,10-11,17H2;(H,6,7). The molecule has 27 heavy (non-hydrogen) atoms. The maximum Gasteiger partial charge on any atom is 0.490 e. The van der Waals surface area contributed by atoms with Crippen LogP contribution in [0.4, 0.5) is 18.9 Å². The van der Waals surface area contributed by atoms with E-state index in [0.29, 0.717) is 18.1 Å². The first-order valence-corrected chi connectivity index (χ1v) is 7.79. The van der Waals surface area contributed by atoms with Crippen LogP contribution < -0.4 is 5.73 Å². The fraction of sp³-hybridized carbons (Fsp3) is 0.167. The van der Waals surface area contributed by atoms with Gasteiger partial charge in [-0.3, -0.25) is 0 Å². The van der Waals surface area contributed by atoms with Gasteiger partial charge in [0.25, 0.3) is 0 Å². The number of hydrogen-bond acceptors (Lipinski definition) is 5. The number of para-hydroxylation sites is 1. The third-order valence-electron chi connectivity index (χ3n) is 3.41. The zero-order valence-electron chi connectivity index (χ0n) is 14.0. The van der Waals surface area contributed by atoms with Crippen molar-refractivity contribution in [3.63, 3.8) is 0 Å². The minimum Gasteiger partial charge on any atom is -0.475 e. The molecule has 0 aliphatic carbocycles. The lowest BCUT2D eigenvalue weighted by atomic mass is 10.1. The van der Waals surface area contributed by atoms with Gasteiger partial charge in [-0.05, 0) is 18.1 Å². The third kappa shape index (κ3) is 6.14. The predicted molar refractivity (Wildman–Crippen MR) is 91.7 cm³/mol. The molecule has 0 bridgehead atoms. The van der Waals surface area contributed by atoms with Gasteiger partial charge in [0, 0.05) is 17.7 Å². The van der Waals surface area contributed by atoms with E-state index < -0.39 is 12.1 Å². The fourth-order valence-corrected chi connectivity index (χ4v) is 2.06. The molecule has 0 saturated carbocycles. The van der Waals surface area contributed by atoms with Gasteiger partial charge in [0.15, 0.2) is 0 Å². The second-order valence-electron chi connectivity index (χ2n) is 5.38. The molecule has 0 spiro atoms. The molecule has 0 aliphatic rings. The average molecular weight is 379 g/mol. The van der Waals surface area contributed by atoms with Crippen LogP contribution >= 0.6 is 0 Å². The van der Waals surface area contributed by atoms with Gasteiger partial charge >= 0.3 is 12.1 Å². The summed E-state index contributed by atoms with van der Waals surface area (Å²) in [6, 6.07) is 17.6. The molecule has 0 fully saturated rings. The fourth-order valence-electron chi connectivity index (χ4n) is 2.06. The summed E-state index contributed by atoms with van der Waals surface area (Å²) in [5.41, 5.74) is 8.78. The highest BCUT2D eigenvalue weighted by Gasteiger charge is 2.38. The highest BCUT2D eigenvalue weighted by molar-refractivity contribution is 5.73. The lowest BCUT2D eigenvalue weighted by Gasteiger charge is -2.02. The summed E-state index contributed by atoms with van der Waals surface area (Å²) in [4.78, 5) is 13.3. The number of carboxylic acids is 1. The molecular formula is C18H16F3N3O3. The Balaban J connectivity index is 0.000000321. The number of carboxylic acid groups (broad SMARTS) is 1. The van der Waals surface area contributed by atoms with Crippen LogP contribution in [0.2, 0.25) is 0 Å². The molecule has 6 nitrogen and oxygen atoms in total. The van der Waals surface area contributed by atoms with E-state index in [1.165, 1.54) is 0 Å². The molecule has 142 valence electrons. The van der Waals surface area contributed by atoms with Gasteiger partial charge in [0.2, 0.25) is 11.7 Å². The van der Waals surface area contributed by atoms with Crippen LogP contribution in [-0.4, -0.2) is 27.4 Å². The van der Waals surface area contributed by atoms with Gasteiger partial charge < -0.3 is 15.4 Å². The Labute approximate surface area is 152 Å². The van der Waals surface area contributed by atoms with E-state index >= 15 is 0 Å². The number of nitrogen functional groups attached to an aromatic ring is 1. The van der Waals surface area contributed by atoms with Crippen molar-refractivity contribution in [2.24, 2.45) is 0 Å². The van der Waals surface area contributed by atoms with Crippen molar-refractivity contribution in [1.82, 2.24) is 10.1 Å². The maximum atomic E-state index is 10.6. The Morgan fingerprint density at radius 2 is 1.63 bits per heavy atom. The van der Waals surface area contributed by atoms with Crippen LogP contribution in [0, 0.1) is 0 Å². The second kappa shape index (κ2) is 8.84. The van der Waals surface area contributed by atoms with Crippen molar-refractivity contribution in [2.75, 3.05) is 5.73 Å². The number of benzene rings is 2. The molecular weight excluding hydrogens is 363 g/mol. The highest BCUT2D eigenvalue weighted by Crippen LogP contribution is 2.17. The van der Waals surface area contributed by atoms with Crippen LogP contribution in [0.3, 0.4) is 0 Å². The van der Waals surface area contributed by atoms with E-state index in [1.54, 1.807) is 0 Å². The zero-order chi connectivity index (χ0) is 19.9. The van der Waals surface area contributed by atoms with Crippen molar-refractivity contribution in [2.45, 2.75) is 19.0 Å². The van der Waals surface area contributed by atoms with Gasteiger partial charge in [-0.2, -0.15) is 18.2 Å². The number of aryl methyl sites for hydroxylation is 2. The van der Waals surface area contributed by atoms with Crippen molar-refractivity contribution in [3.05, 3.63) is 66.1 Å². The van der Waals surface area contributed by atoms with E-state index in [9.17, 15) is 13.2 Å². The first-order valence-electron chi connectivity index (χ1n) is 7.79. The Morgan fingerprint density at radius 3 is 2.22 bits per heavy atom. The monoisotopic (exact) mass is 379 g/mol. The van der Waals surface area contributed by atoms with Crippen molar-refractivity contribution in [1.29, 1.82) is 0 Å². The van der Waals surface area contributed by atoms with E-state index in [4.69, 9.17) is 20.2 Å². The molecule has 0 atom stereocenters. The minimum absolute atomic E-state index is 0.627. The lowest BCUT2D eigenvalue weighted by molar-refractivity contribution is -0.192. The Kier molecular flexibility index (Phi) is 6.53. The van der Waals surface area contributed by atoms with Gasteiger partial charge in [-0.15, -0.1) is 0 Å². The number of hydrogen-bond donors (Lipinski definition) is 2. The summed E-state index contributed by atoms with van der Waals surface area (Å²) in [7, 11) is 0. The molecule has 3 aromatic rings. The van der Waals surface area contributed by atoms with Crippen LogP contribution in [0.15, 0.2) is 59.1 Å². The molecule has 3 N–H and O–H groups in total. The number of nitrogens with two attached hydrogens (primary N) is 1. The first-order chi connectivity index (χ1) is 12.8. The number of aromatic nitrogens is 2. The van der Waals surface area contributed by atoms with Gasteiger partial charge in [-0.25, -0.2) is 4.79 Å². The Bertz CT molecular complexity index is 880. The normalized spacial score (nSPS) is 10.8. The summed E-state index contributed by atoms with van der Waals surface area (Å²) in [6.07, 6.45) is -3.60. The number of halogens is 3. The molecule has 9 heteroatoms. The Hall–Kier alpha value is -3.36. The smallest absolute Gasteiger partial charge is 0.475 e. The predicted octanol–water partition coefficient (Wildman–Crippen LogP) is 3.74. The molecule has 0 saturated heterocycles. The number of anilines is 1. The highest BCUT2D eigenvalue weighted by atomic mass is 19.4. The van der Waals surface area contributed by atoms with Crippen molar-refractivity contribution in [3.8, 4) is 11.4 Å². The third-order valence-corrected chi connectivity index (χ3v) is 3.41. The molecule has 1 aromatic heterocycles. The molecule has 0 radical (unpaired) electrons. The number of nitrogens with zero attached hydrogens (tertiary/aromatic N) is 2. The maximum absolute atomic E-state index is 10.6. The Morgan fingerprint density at radius 1 is 1.04 bits per heavy atom. The zero-order valence-corrected chi connectivity index (χ0v) is 14.0. The van der Waals surface area contributed by atoms with E-state index in [1.807, 2.05) is 54.6 Å². The molecule has 3 rings (SSSR count). The molecule has 0 unspecified atom stereocenters. The second-order valence-corrected chi connectivity index (χ2v) is 5.38. The summed E-state index contributed by atoms with van der Waals surface area (Å²) in [5, 5.41) is 11.1. The molecule has 2 aromatic carbocycles. The quantitative estimate of drug-likeness (QED) is 0.670. The van der Waals surface area contributed by atoms with Gasteiger partial charge in [-0.1, -0.05) is 53.7 Å². The molecule has 1 heterocycles. The van der Waals surface area contributed by atoms with Gasteiger partial charge in [0.05, 0.1) is 0 Å². The number of rotatable bonds is 4. The number of carbonyl (C=O) groups is 1. The summed E-state index contributed by atoms with van der Waals surface area (Å²) < 4.78 is 37.0. The minimum atomic E-state index is -5.08. The van der Waals surface area contributed by atoms with Crippen molar-refractivity contribution < 1.29 is 27.6 Å². The van der Waals surface area contributed by atoms with E-state index in [-0.39, 0.29) is 0 Å². The summed E-state index contributed by atoms with van der Waals surface area (Å²) in [6.45, 7) is 0. The van der Waals surface area contributed by atoms with Crippen molar-refractivity contribution >= 4 is 11.7 Å².